The monoisotopic (exact) mass is 1310 g/mol. The molecule has 0 bridgehead atoms. The van der Waals surface area contributed by atoms with Crippen molar-refractivity contribution in [3.63, 3.8) is 0 Å². The molecule has 1 N–H and O–H groups in total. The maximum absolute atomic E-state index is 12.9. The van der Waals surface area contributed by atoms with Gasteiger partial charge in [-0.1, -0.05) is 342 Å². The summed E-state index contributed by atoms with van der Waals surface area (Å²) in [5.74, 6) is -0.787. The number of rotatable bonds is 71. The summed E-state index contributed by atoms with van der Waals surface area (Å²) >= 11 is 0. The van der Waals surface area contributed by atoms with Gasteiger partial charge in [-0.25, -0.2) is 4.57 Å². The minimum atomic E-state index is -4.40. The van der Waals surface area contributed by atoms with E-state index in [9.17, 15) is 19.0 Å². The summed E-state index contributed by atoms with van der Waals surface area (Å²) in [7, 11) is 1.48. The Morgan fingerprint density at radius 1 is 0.348 bits per heavy atom. The van der Waals surface area contributed by atoms with E-state index in [0.29, 0.717) is 17.4 Å². The van der Waals surface area contributed by atoms with E-state index in [1.165, 1.54) is 225 Å². The van der Waals surface area contributed by atoms with Gasteiger partial charge in [-0.3, -0.25) is 18.6 Å². The van der Waals surface area contributed by atoms with Gasteiger partial charge in [0, 0.05) is 12.8 Å². The number of nitrogens with zero attached hydrogens (tertiary/aromatic N) is 1. The number of likely N-dealkylation sites (N-methyl/N-ethyl adjacent to an activating group) is 1. The molecule has 10 heteroatoms. The molecule has 0 radical (unpaired) electrons. The first-order valence-electron chi connectivity index (χ1n) is 38.6. The molecule has 0 rings (SSSR count). The summed E-state index contributed by atoms with van der Waals surface area (Å²) in [6.45, 7) is 4.36. The van der Waals surface area contributed by atoms with Gasteiger partial charge in [-0.15, -0.1) is 0 Å². The molecule has 0 heterocycles. The molecule has 0 aromatic heterocycles. The lowest BCUT2D eigenvalue weighted by Crippen LogP contribution is -2.37. The van der Waals surface area contributed by atoms with E-state index in [4.69, 9.17) is 18.5 Å². The third-order valence-corrected chi connectivity index (χ3v) is 17.8. The van der Waals surface area contributed by atoms with E-state index < -0.39 is 26.5 Å². The van der Waals surface area contributed by atoms with E-state index in [2.05, 4.69) is 123 Å². The lowest BCUT2D eigenvalue weighted by atomic mass is 10.0. The quantitative estimate of drug-likeness (QED) is 0.0211. The second-order valence-electron chi connectivity index (χ2n) is 27.0. The number of esters is 2. The molecular weight excluding hydrogens is 1160 g/mol. The fraction of sp³-hybridized carbons (Fsp3) is 0.756. The van der Waals surface area contributed by atoms with Crippen LogP contribution in [0.4, 0.5) is 0 Å². The molecule has 532 valence electrons. The van der Waals surface area contributed by atoms with Gasteiger partial charge in [-0.2, -0.15) is 0 Å². The van der Waals surface area contributed by atoms with Crippen molar-refractivity contribution < 1.29 is 42.1 Å². The van der Waals surface area contributed by atoms with Crippen molar-refractivity contribution in [3.8, 4) is 0 Å². The highest BCUT2D eigenvalue weighted by Gasteiger charge is 2.27. The zero-order valence-electron chi connectivity index (χ0n) is 60.8. The molecule has 92 heavy (non-hydrogen) atoms. The smallest absolute Gasteiger partial charge is 0.462 e. The number of hydrogen-bond donors (Lipinski definition) is 1. The molecule has 0 aliphatic rings. The first-order chi connectivity index (χ1) is 45.0. The van der Waals surface area contributed by atoms with Crippen LogP contribution in [-0.2, 0) is 32.7 Å². The third kappa shape index (κ3) is 75.7. The second-order valence-corrected chi connectivity index (χ2v) is 28.5. The third-order valence-electron chi connectivity index (χ3n) is 16.8. The van der Waals surface area contributed by atoms with Crippen LogP contribution in [0.1, 0.15) is 348 Å². The fourth-order valence-corrected chi connectivity index (χ4v) is 11.7. The van der Waals surface area contributed by atoms with Crippen molar-refractivity contribution in [1.29, 1.82) is 0 Å². The molecule has 9 nitrogen and oxygen atoms in total. The molecule has 2 atom stereocenters. The van der Waals surface area contributed by atoms with Crippen molar-refractivity contribution in [3.05, 3.63) is 109 Å². The predicted molar refractivity (Wildman–Crippen MR) is 399 cm³/mol. The van der Waals surface area contributed by atoms with E-state index in [-0.39, 0.29) is 32.0 Å². The number of ether oxygens (including phenoxy) is 2. The van der Waals surface area contributed by atoms with Gasteiger partial charge in [-0.05, 0) is 103 Å². The Kier molecular flexibility index (Phi) is 69.3. The molecule has 0 saturated heterocycles. The molecule has 0 fully saturated rings. The average molecular weight is 1310 g/mol. The topological polar surface area (TPSA) is 108 Å². The normalized spacial score (nSPS) is 13.7. The first-order valence-corrected chi connectivity index (χ1v) is 40.1. The van der Waals surface area contributed by atoms with Crippen LogP contribution >= 0.6 is 7.82 Å². The van der Waals surface area contributed by atoms with Gasteiger partial charge in [0.1, 0.15) is 19.8 Å². The summed E-state index contributed by atoms with van der Waals surface area (Å²) in [6.07, 6.45) is 102. The summed E-state index contributed by atoms with van der Waals surface area (Å²) in [4.78, 5) is 36.0. The largest absolute Gasteiger partial charge is 0.472 e. The molecule has 0 aliphatic carbocycles. The lowest BCUT2D eigenvalue weighted by Gasteiger charge is -2.24. The number of phosphoric acid groups is 1. The highest BCUT2D eigenvalue weighted by Crippen LogP contribution is 2.43. The van der Waals surface area contributed by atoms with E-state index in [1.54, 1.807) is 0 Å². The van der Waals surface area contributed by atoms with Crippen LogP contribution in [0.3, 0.4) is 0 Å². The van der Waals surface area contributed by atoms with Gasteiger partial charge >= 0.3 is 19.8 Å². The average Bonchev–Trinajstić information content (AvgIpc) is 2.14. The minimum Gasteiger partial charge on any atom is -0.462 e. The van der Waals surface area contributed by atoms with Crippen molar-refractivity contribution in [2.45, 2.75) is 354 Å². The van der Waals surface area contributed by atoms with Crippen molar-refractivity contribution in [2.75, 3.05) is 47.5 Å². The zero-order valence-corrected chi connectivity index (χ0v) is 61.7. The Hall–Kier alpha value is -3.33. The summed E-state index contributed by atoms with van der Waals surface area (Å²) in [5.41, 5.74) is 0. The lowest BCUT2D eigenvalue weighted by molar-refractivity contribution is -0.870. The van der Waals surface area contributed by atoms with Gasteiger partial charge in [0.05, 0.1) is 27.7 Å². The Bertz CT molecular complexity index is 1920. The van der Waals surface area contributed by atoms with Gasteiger partial charge in [0.2, 0.25) is 0 Å². The number of quaternary nitrogens is 1. The number of allylic oxidation sites excluding steroid dienone is 18. The second kappa shape index (κ2) is 72.0. The Labute approximate surface area is 569 Å². The van der Waals surface area contributed by atoms with Crippen LogP contribution < -0.4 is 0 Å². The molecule has 0 saturated carbocycles. The molecular formula is C82H147NO8P+. The number of unbranched alkanes of at least 4 members (excludes halogenated alkanes) is 39. The molecule has 0 aromatic carbocycles. The number of hydrogen-bond acceptors (Lipinski definition) is 7. The molecule has 0 spiro atoms. The minimum absolute atomic E-state index is 0.0298. The van der Waals surface area contributed by atoms with Gasteiger partial charge in [0.15, 0.2) is 6.10 Å². The standard InChI is InChI=1S/C82H146NO8P/c1-6-8-10-12-14-16-18-20-22-24-26-28-30-32-34-36-37-38-39-40-41-42-43-44-45-47-49-51-53-55-57-59-61-63-65-67-69-71-73-75-82(85)91-80(79-90-92(86,87)89-77-76-83(3,4)5)78-88-81(84)74-72-70-68-66-64-62-60-58-56-54-52-50-48-46-35-33-31-29-27-25-23-21-19-17-15-13-11-9-7-2/h8,10,14,16,20,22,25-28,32,34,37-38,40-41,43-44,80H,6-7,9,11-13,15,17-19,21,23-24,29-31,33,35-36,39,42,45-79H2,1-5H3/p+1/b10-8-,16-14-,22-20-,27-25-,28-26-,34-32-,38-37-,41-40-,44-43-. The summed E-state index contributed by atoms with van der Waals surface area (Å²) in [5, 5.41) is 0. The van der Waals surface area contributed by atoms with Crippen LogP contribution in [0.5, 0.6) is 0 Å². The molecule has 0 aromatic rings. The molecule has 0 aliphatic heterocycles. The van der Waals surface area contributed by atoms with Crippen LogP contribution in [-0.4, -0.2) is 74.9 Å². The SMILES string of the molecule is CC/C=C\C/C=C\C/C=C\C/C=C\C/C=C\C/C=C\C/C=C\C/C=C\CCCCCCCCCCCCCCCCC(=O)OC(COC(=O)CCCCCCCCCCCCCCCCCCC/C=C\CCCCCCCCCC)COP(=O)(O)OCC[N+](C)(C)C. The highest BCUT2D eigenvalue weighted by atomic mass is 31.2. The van der Waals surface area contributed by atoms with Crippen LogP contribution in [0.15, 0.2) is 109 Å². The van der Waals surface area contributed by atoms with Crippen LogP contribution in [0.2, 0.25) is 0 Å². The molecule has 2 unspecified atom stereocenters. The number of carbonyl (C=O) groups excluding carboxylic acids is 2. The van der Waals surface area contributed by atoms with Crippen LogP contribution in [0.25, 0.3) is 0 Å². The van der Waals surface area contributed by atoms with E-state index in [0.717, 1.165) is 89.9 Å². The Morgan fingerprint density at radius 3 is 0.935 bits per heavy atom. The summed E-state index contributed by atoms with van der Waals surface area (Å²) in [6, 6.07) is 0. The summed E-state index contributed by atoms with van der Waals surface area (Å²) < 4.78 is 34.8. The van der Waals surface area contributed by atoms with Crippen LogP contribution in [0, 0.1) is 0 Å². The zero-order chi connectivity index (χ0) is 66.9. The van der Waals surface area contributed by atoms with Crippen molar-refractivity contribution in [2.24, 2.45) is 0 Å². The molecule has 0 amide bonds. The highest BCUT2D eigenvalue weighted by molar-refractivity contribution is 7.47. The van der Waals surface area contributed by atoms with E-state index in [1.807, 2.05) is 21.1 Å². The maximum Gasteiger partial charge on any atom is 0.472 e. The fourth-order valence-electron chi connectivity index (χ4n) is 10.9. The number of phosphoric ester groups is 1. The van der Waals surface area contributed by atoms with Crippen molar-refractivity contribution >= 4 is 19.8 Å². The van der Waals surface area contributed by atoms with Crippen molar-refractivity contribution in [1.82, 2.24) is 0 Å². The Balaban J connectivity index is 4.00. The predicted octanol–water partition coefficient (Wildman–Crippen LogP) is 25.6. The van der Waals surface area contributed by atoms with Gasteiger partial charge in [0.25, 0.3) is 0 Å². The first kappa shape index (κ1) is 88.7. The van der Waals surface area contributed by atoms with Gasteiger partial charge < -0.3 is 18.9 Å². The maximum atomic E-state index is 12.9. The number of carbonyl (C=O) groups is 2. The van der Waals surface area contributed by atoms with E-state index >= 15 is 0 Å². The Morgan fingerprint density at radius 2 is 0.620 bits per heavy atom.